The van der Waals surface area contributed by atoms with Crippen LogP contribution in [-0.4, -0.2) is 54.5 Å². The van der Waals surface area contributed by atoms with Gasteiger partial charge >= 0.3 is 6.03 Å². The Hall–Kier alpha value is -1.34. The number of hydrogen-bond donors (Lipinski definition) is 4. The predicted molar refractivity (Wildman–Crippen MR) is 85.9 cm³/mol. The van der Waals surface area contributed by atoms with Gasteiger partial charge in [0, 0.05) is 18.5 Å². The molecule has 3 atom stereocenters. The molecule has 23 heavy (non-hydrogen) atoms. The number of rotatable bonds is 7. The quantitative estimate of drug-likeness (QED) is 0.548. The van der Waals surface area contributed by atoms with Gasteiger partial charge in [-0.2, -0.15) is 0 Å². The normalized spacial score (nSPS) is 27.6. The van der Waals surface area contributed by atoms with E-state index in [1.54, 1.807) is 0 Å². The van der Waals surface area contributed by atoms with E-state index in [1.807, 2.05) is 13.8 Å². The standard InChI is InChI=1S/C16H29N3O4/c1-10(2)18-16(22)19-13-6-5-12(23-14(13)9-20)7-8-17-15(21)11-3-4-11/h10-14,20H,3-9H2,1-2H3,(H,17,21)(H2,18,19,22)/t12-,13-,14-/m0/s1. The van der Waals surface area contributed by atoms with Crippen molar-refractivity contribution in [2.24, 2.45) is 5.92 Å². The lowest BCUT2D eigenvalue weighted by Gasteiger charge is -2.36. The second-order valence-corrected chi connectivity index (χ2v) is 6.79. The first-order valence-electron chi connectivity index (χ1n) is 8.60. The van der Waals surface area contributed by atoms with Crippen molar-refractivity contribution in [3.63, 3.8) is 0 Å². The highest BCUT2D eigenvalue weighted by Crippen LogP contribution is 2.28. The van der Waals surface area contributed by atoms with E-state index in [0.29, 0.717) is 6.54 Å². The highest BCUT2D eigenvalue weighted by molar-refractivity contribution is 5.80. The molecule has 0 bridgehead atoms. The number of urea groups is 1. The lowest BCUT2D eigenvalue weighted by Crippen LogP contribution is -2.54. The first kappa shape index (κ1) is 18.0. The van der Waals surface area contributed by atoms with Gasteiger partial charge in [0.1, 0.15) is 6.10 Å². The van der Waals surface area contributed by atoms with Gasteiger partial charge in [-0.05, 0) is 46.0 Å². The third-order valence-electron chi connectivity index (χ3n) is 4.25. The van der Waals surface area contributed by atoms with Crippen molar-refractivity contribution >= 4 is 11.9 Å². The molecule has 0 aromatic carbocycles. The van der Waals surface area contributed by atoms with E-state index >= 15 is 0 Å². The van der Waals surface area contributed by atoms with E-state index in [0.717, 1.165) is 32.1 Å². The number of nitrogens with one attached hydrogen (secondary N) is 3. The lowest BCUT2D eigenvalue weighted by atomic mass is 9.97. The van der Waals surface area contributed by atoms with Gasteiger partial charge in [-0.1, -0.05) is 0 Å². The van der Waals surface area contributed by atoms with Crippen LogP contribution in [0.25, 0.3) is 0 Å². The summed E-state index contributed by atoms with van der Waals surface area (Å²) < 4.78 is 5.87. The molecule has 1 aliphatic carbocycles. The van der Waals surface area contributed by atoms with E-state index in [9.17, 15) is 14.7 Å². The number of aliphatic hydroxyl groups excluding tert-OH is 1. The zero-order valence-corrected chi connectivity index (χ0v) is 14.0. The van der Waals surface area contributed by atoms with Crippen molar-refractivity contribution in [1.82, 2.24) is 16.0 Å². The van der Waals surface area contributed by atoms with Crippen LogP contribution in [0, 0.1) is 5.92 Å². The minimum Gasteiger partial charge on any atom is -0.394 e. The average molecular weight is 327 g/mol. The van der Waals surface area contributed by atoms with Gasteiger partial charge in [-0.25, -0.2) is 4.79 Å². The minimum atomic E-state index is -0.397. The summed E-state index contributed by atoms with van der Waals surface area (Å²) in [5, 5.41) is 18.1. The fourth-order valence-electron chi connectivity index (χ4n) is 2.83. The summed E-state index contributed by atoms with van der Waals surface area (Å²) in [6.07, 6.45) is 3.93. The molecule has 1 heterocycles. The van der Waals surface area contributed by atoms with Crippen LogP contribution in [0.4, 0.5) is 4.79 Å². The summed E-state index contributed by atoms with van der Waals surface area (Å²) in [5.74, 6) is 0.366. The van der Waals surface area contributed by atoms with Gasteiger partial charge in [-0.3, -0.25) is 4.79 Å². The van der Waals surface area contributed by atoms with Crippen molar-refractivity contribution in [1.29, 1.82) is 0 Å². The highest BCUT2D eigenvalue weighted by Gasteiger charge is 2.32. The van der Waals surface area contributed by atoms with E-state index in [4.69, 9.17) is 4.74 Å². The first-order chi connectivity index (χ1) is 11.0. The number of aliphatic hydroxyl groups is 1. The van der Waals surface area contributed by atoms with E-state index in [2.05, 4.69) is 16.0 Å². The highest BCUT2D eigenvalue weighted by atomic mass is 16.5. The average Bonchev–Trinajstić information content (AvgIpc) is 3.32. The summed E-state index contributed by atoms with van der Waals surface area (Å²) in [6.45, 7) is 4.26. The fourth-order valence-corrected chi connectivity index (χ4v) is 2.83. The molecule has 132 valence electrons. The van der Waals surface area contributed by atoms with E-state index in [1.165, 1.54) is 0 Å². The first-order valence-corrected chi connectivity index (χ1v) is 8.60. The molecule has 1 saturated carbocycles. The molecule has 7 heteroatoms. The largest absolute Gasteiger partial charge is 0.394 e. The summed E-state index contributed by atoms with van der Waals surface area (Å²) in [7, 11) is 0. The Morgan fingerprint density at radius 2 is 1.96 bits per heavy atom. The van der Waals surface area contributed by atoms with E-state index in [-0.39, 0.29) is 42.7 Å². The van der Waals surface area contributed by atoms with Crippen LogP contribution in [0.3, 0.4) is 0 Å². The molecule has 0 aromatic heterocycles. The van der Waals surface area contributed by atoms with E-state index < -0.39 is 6.10 Å². The maximum Gasteiger partial charge on any atom is 0.315 e. The lowest BCUT2D eigenvalue weighted by molar-refractivity contribution is -0.122. The van der Waals surface area contributed by atoms with Crippen molar-refractivity contribution in [3.8, 4) is 0 Å². The van der Waals surface area contributed by atoms with Gasteiger partial charge in [0.15, 0.2) is 0 Å². The summed E-state index contributed by atoms with van der Waals surface area (Å²) in [5.41, 5.74) is 0. The maximum atomic E-state index is 11.8. The van der Waals surface area contributed by atoms with Gasteiger partial charge in [0.05, 0.1) is 18.8 Å². The number of carbonyl (C=O) groups excluding carboxylic acids is 2. The second-order valence-electron chi connectivity index (χ2n) is 6.79. The molecule has 3 amide bonds. The molecule has 1 aliphatic heterocycles. The molecule has 0 unspecified atom stereocenters. The Morgan fingerprint density at radius 1 is 1.22 bits per heavy atom. The van der Waals surface area contributed by atoms with Gasteiger partial charge < -0.3 is 25.8 Å². The number of ether oxygens (including phenoxy) is 1. The Labute approximate surface area is 137 Å². The van der Waals surface area contributed by atoms with Crippen LogP contribution in [0.2, 0.25) is 0 Å². The third-order valence-corrected chi connectivity index (χ3v) is 4.25. The molecule has 2 fully saturated rings. The van der Waals surface area contributed by atoms with Crippen molar-refractivity contribution in [2.45, 2.75) is 70.2 Å². The molecule has 2 rings (SSSR count). The molecular formula is C16H29N3O4. The SMILES string of the molecule is CC(C)NC(=O)N[C@H]1CC[C@@H](CCNC(=O)C2CC2)O[C@H]1CO. The van der Waals surface area contributed by atoms with Gasteiger partial charge in [-0.15, -0.1) is 0 Å². The molecule has 0 aromatic rings. The molecule has 2 aliphatic rings. The van der Waals surface area contributed by atoms with Crippen LogP contribution >= 0.6 is 0 Å². The molecule has 4 N–H and O–H groups in total. The van der Waals surface area contributed by atoms with Crippen molar-refractivity contribution in [2.75, 3.05) is 13.2 Å². The van der Waals surface area contributed by atoms with Crippen LogP contribution in [-0.2, 0) is 9.53 Å². The van der Waals surface area contributed by atoms with Crippen molar-refractivity contribution in [3.05, 3.63) is 0 Å². The topological polar surface area (TPSA) is 99.7 Å². The Balaban J connectivity index is 1.69. The molecule has 0 spiro atoms. The summed E-state index contributed by atoms with van der Waals surface area (Å²) in [4.78, 5) is 23.4. The number of hydrogen-bond acceptors (Lipinski definition) is 4. The minimum absolute atomic E-state index is 0.0119. The molecule has 7 nitrogen and oxygen atoms in total. The van der Waals surface area contributed by atoms with Crippen molar-refractivity contribution < 1.29 is 19.4 Å². The second kappa shape index (κ2) is 8.49. The summed E-state index contributed by atoms with van der Waals surface area (Å²) >= 11 is 0. The molecule has 0 radical (unpaired) electrons. The monoisotopic (exact) mass is 327 g/mol. The maximum absolute atomic E-state index is 11.8. The molecular weight excluding hydrogens is 298 g/mol. The Bertz CT molecular complexity index is 412. The fraction of sp³-hybridized carbons (Fsp3) is 0.875. The smallest absolute Gasteiger partial charge is 0.315 e. The van der Waals surface area contributed by atoms with Crippen LogP contribution in [0.1, 0.15) is 46.0 Å². The summed E-state index contributed by atoms with van der Waals surface area (Å²) in [6, 6.07) is -0.354. The van der Waals surface area contributed by atoms with Crippen LogP contribution in [0.15, 0.2) is 0 Å². The third kappa shape index (κ3) is 5.99. The predicted octanol–water partition coefficient (Wildman–Crippen LogP) is 0.519. The Morgan fingerprint density at radius 3 is 2.57 bits per heavy atom. The van der Waals surface area contributed by atoms with Gasteiger partial charge in [0.2, 0.25) is 5.91 Å². The number of amides is 3. The zero-order chi connectivity index (χ0) is 16.8. The Kier molecular flexibility index (Phi) is 6.65. The van der Waals surface area contributed by atoms with Crippen LogP contribution in [0.5, 0.6) is 0 Å². The zero-order valence-electron chi connectivity index (χ0n) is 14.0. The molecule has 1 saturated heterocycles. The number of carbonyl (C=O) groups is 2. The van der Waals surface area contributed by atoms with Gasteiger partial charge in [0.25, 0.3) is 0 Å². The van der Waals surface area contributed by atoms with Crippen LogP contribution < -0.4 is 16.0 Å².